The van der Waals surface area contributed by atoms with Crippen molar-refractivity contribution in [3.8, 4) is 0 Å². The smallest absolute Gasteiger partial charge is 0.264 e. The average molecular weight is 570 g/mol. The molecule has 0 aliphatic heterocycles. The lowest BCUT2D eigenvalue weighted by Crippen LogP contribution is -2.51. The van der Waals surface area contributed by atoms with Crippen molar-refractivity contribution in [2.45, 2.75) is 52.1 Å². The highest BCUT2D eigenvalue weighted by atomic mass is 35.5. The third-order valence-electron chi connectivity index (χ3n) is 6.32. The van der Waals surface area contributed by atoms with Gasteiger partial charge in [0.1, 0.15) is 12.6 Å². The summed E-state index contributed by atoms with van der Waals surface area (Å²) in [6.07, 6.45) is 0. The molecule has 0 saturated heterocycles. The fourth-order valence-electron chi connectivity index (χ4n) is 4.19. The number of nitrogens with zero attached hydrogens (tertiary/aromatic N) is 2. The van der Waals surface area contributed by atoms with E-state index in [9.17, 15) is 18.0 Å². The number of benzene rings is 3. The predicted molar refractivity (Wildman–Crippen MR) is 156 cm³/mol. The molecule has 39 heavy (non-hydrogen) atoms. The van der Waals surface area contributed by atoms with Crippen LogP contribution in [0.25, 0.3) is 0 Å². The molecule has 9 heteroatoms. The van der Waals surface area contributed by atoms with Crippen LogP contribution in [-0.2, 0) is 26.2 Å². The van der Waals surface area contributed by atoms with Crippen molar-refractivity contribution in [2.75, 3.05) is 17.4 Å². The minimum atomic E-state index is -4.10. The second-order valence-electron chi connectivity index (χ2n) is 10.1. The molecule has 3 aromatic carbocycles. The first-order chi connectivity index (χ1) is 18.4. The predicted octanol–water partition coefficient (Wildman–Crippen LogP) is 5.34. The van der Waals surface area contributed by atoms with E-state index < -0.39 is 28.5 Å². The topological polar surface area (TPSA) is 86.8 Å². The van der Waals surface area contributed by atoms with Crippen LogP contribution in [0.2, 0.25) is 5.02 Å². The quantitative estimate of drug-likeness (QED) is 0.338. The second-order valence-corrected chi connectivity index (χ2v) is 12.4. The lowest BCUT2D eigenvalue weighted by Gasteiger charge is -2.32. The average Bonchev–Trinajstić information content (AvgIpc) is 2.89. The summed E-state index contributed by atoms with van der Waals surface area (Å²) in [5.74, 6) is -0.598. The lowest BCUT2D eigenvalue weighted by atomic mass is 10.1. The number of amides is 2. The first-order valence-electron chi connectivity index (χ1n) is 12.9. The molecular weight excluding hydrogens is 534 g/mol. The van der Waals surface area contributed by atoms with Crippen LogP contribution in [0.5, 0.6) is 0 Å². The minimum absolute atomic E-state index is 0.0712. The molecule has 0 unspecified atom stereocenters. The summed E-state index contributed by atoms with van der Waals surface area (Å²) >= 11 is 6.19. The van der Waals surface area contributed by atoms with E-state index in [0.29, 0.717) is 22.8 Å². The third kappa shape index (κ3) is 7.83. The van der Waals surface area contributed by atoms with Crippen molar-refractivity contribution in [1.29, 1.82) is 0 Å². The SMILES string of the molecule is Cc1ccc(N(CC(=O)N(Cc2cccc(Cl)c2)[C@@H](C)C(=O)NCC(C)C)S(=O)(=O)c2ccccc2)c(C)c1. The molecule has 208 valence electrons. The van der Waals surface area contributed by atoms with Gasteiger partial charge in [-0.05, 0) is 68.1 Å². The van der Waals surface area contributed by atoms with E-state index in [4.69, 9.17) is 11.6 Å². The van der Waals surface area contributed by atoms with E-state index in [0.717, 1.165) is 15.4 Å². The molecule has 0 heterocycles. The number of aryl methyl sites for hydroxylation is 2. The van der Waals surface area contributed by atoms with Crippen LogP contribution in [0.15, 0.2) is 77.7 Å². The Balaban J connectivity index is 2.03. The van der Waals surface area contributed by atoms with Gasteiger partial charge in [-0.2, -0.15) is 0 Å². The zero-order chi connectivity index (χ0) is 28.7. The Morgan fingerprint density at radius 3 is 2.23 bits per heavy atom. The highest BCUT2D eigenvalue weighted by Gasteiger charge is 2.33. The summed E-state index contributed by atoms with van der Waals surface area (Å²) in [4.78, 5) is 28.5. The molecule has 3 rings (SSSR count). The summed E-state index contributed by atoms with van der Waals surface area (Å²) in [6, 6.07) is 19.6. The normalized spacial score (nSPS) is 12.2. The first kappa shape index (κ1) is 30.2. The third-order valence-corrected chi connectivity index (χ3v) is 8.33. The molecule has 1 atom stereocenters. The fourth-order valence-corrected chi connectivity index (χ4v) is 5.90. The van der Waals surface area contributed by atoms with Gasteiger partial charge in [-0.15, -0.1) is 0 Å². The van der Waals surface area contributed by atoms with Crippen molar-refractivity contribution in [3.05, 3.63) is 94.5 Å². The van der Waals surface area contributed by atoms with Crippen LogP contribution in [0.3, 0.4) is 0 Å². The van der Waals surface area contributed by atoms with Gasteiger partial charge < -0.3 is 10.2 Å². The van der Waals surface area contributed by atoms with Crippen LogP contribution in [0.4, 0.5) is 5.69 Å². The minimum Gasteiger partial charge on any atom is -0.354 e. The monoisotopic (exact) mass is 569 g/mol. The molecule has 0 bridgehead atoms. The van der Waals surface area contributed by atoms with E-state index in [1.165, 1.54) is 17.0 Å². The van der Waals surface area contributed by atoms with E-state index >= 15 is 0 Å². The summed E-state index contributed by atoms with van der Waals surface area (Å²) < 4.78 is 28.9. The number of hydrogen-bond donors (Lipinski definition) is 1. The second kappa shape index (κ2) is 13.1. The number of anilines is 1. The Hall–Kier alpha value is -3.36. The molecule has 7 nitrogen and oxygen atoms in total. The molecule has 0 radical (unpaired) electrons. The fraction of sp³-hybridized carbons (Fsp3) is 0.333. The van der Waals surface area contributed by atoms with E-state index in [1.54, 1.807) is 49.4 Å². The standard InChI is InChI=1S/C30H36ClN3O4S/c1-21(2)18-32-30(36)24(5)33(19-25-10-9-11-26(31)17-25)29(35)20-34(28-15-14-22(3)16-23(28)4)39(37,38)27-12-7-6-8-13-27/h6-17,21,24H,18-20H2,1-5H3,(H,32,36)/t24-/m0/s1. The zero-order valence-corrected chi connectivity index (χ0v) is 24.6. The number of nitrogens with one attached hydrogen (secondary N) is 1. The van der Waals surface area contributed by atoms with E-state index in [2.05, 4.69) is 5.32 Å². The van der Waals surface area contributed by atoms with Crippen LogP contribution < -0.4 is 9.62 Å². The van der Waals surface area contributed by atoms with Gasteiger partial charge in [-0.3, -0.25) is 13.9 Å². The van der Waals surface area contributed by atoms with Crippen LogP contribution in [-0.4, -0.2) is 44.3 Å². The highest BCUT2D eigenvalue weighted by molar-refractivity contribution is 7.92. The maximum atomic E-state index is 14.0. The molecule has 3 aromatic rings. The van der Waals surface area contributed by atoms with Crippen LogP contribution >= 0.6 is 11.6 Å². The maximum absolute atomic E-state index is 14.0. The van der Waals surface area contributed by atoms with Crippen molar-refractivity contribution < 1.29 is 18.0 Å². The number of sulfonamides is 1. The number of hydrogen-bond acceptors (Lipinski definition) is 4. The summed E-state index contributed by atoms with van der Waals surface area (Å²) in [5.41, 5.74) is 2.81. The maximum Gasteiger partial charge on any atom is 0.264 e. The Bertz CT molecular complexity index is 1410. The Morgan fingerprint density at radius 1 is 0.923 bits per heavy atom. The van der Waals surface area contributed by atoms with Crippen molar-refractivity contribution in [2.24, 2.45) is 5.92 Å². The lowest BCUT2D eigenvalue weighted by molar-refractivity contribution is -0.139. The largest absolute Gasteiger partial charge is 0.354 e. The van der Waals surface area contributed by atoms with E-state index in [-0.39, 0.29) is 23.3 Å². The van der Waals surface area contributed by atoms with Gasteiger partial charge in [-0.1, -0.05) is 73.5 Å². The van der Waals surface area contributed by atoms with Gasteiger partial charge in [0.2, 0.25) is 11.8 Å². The van der Waals surface area contributed by atoms with Gasteiger partial charge in [0.15, 0.2) is 0 Å². The molecule has 0 spiro atoms. The summed E-state index contributed by atoms with van der Waals surface area (Å²) in [6.45, 7) is 9.40. The van der Waals surface area contributed by atoms with Gasteiger partial charge >= 0.3 is 0 Å². The van der Waals surface area contributed by atoms with Gasteiger partial charge in [0, 0.05) is 18.1 Å². The summed E-state index contributed by atoms with van der Waals surface area (Å²) in [7, 11) is -4.10. The van der Waals surface area contributed by atoms with Crippen molar-refractivity contribution in [3.63, 3.8) is 0 Å². The molecule has 0 fully saturated rings. The molecule has 0 saturated carbocycles. The number of rotatable bonds is 11. The molecule has 0 aromatic heterocycles. The summed E-state index contributed by atoms with van der Waals surface area (Å²) in [5, 5.41) is 3.38. The Morgan fingerprint density at radius 2 is 1.62 bits per heavy atom. The van der Waals surface area contributed by atoms with Gasteiger partial charge in [0.25, 0.3) is 10.0 Å². The van der Waals surface area contributed by atoms with Gasteiger partial charge in [-0.25, -0.2) is 8.42 Å². The highest BCUT2D eigenvalue weighted by Crippen LogP contribution is 2.28. The van der Waals surface area contributed by atoms with Gasteiger partial charge in [0.05, 0.1) is 10.6 Å². The van der Waals surface area contributed by atoms with Crippen LogP contribution in [0, 0.1) is 19.8 Å². The molecule has 0 aliphatic carbocycles. The number of carbonyl (C=O) groups excluding carboxylic acids is 2. The molecular formula is C30H36ClN3O4S. The number of carbonyl (C=O) groups is 2. The Labute approximate surface area is 236 Å². The first-order valence-corrected chi connectivity index (χ1v) is 14.7. The van der Waals surface area contributed by atoms with Crippen LogP contribution in [0.1, 0.15) is 37.5 Å². The molecule has 2 amide bonds. The molecule has 1 N–H and O–H groups in total. The number of halogens is 1. The van der Waals surface area contributed by atoms with Crippen molar-refractivity contribution in [1.82, 2.24) is 10.2 Å². The van der Waals surface area contributed by atoms with E-state index in [1.807, 2.05) is 45.9 Å². The molecule has 0 aliphatic rings. The zero-order valence-electron chi connectivity index (χ0n) is 23.0. The van der Waals surface area contributed by atoms with Crippen molar-refractivity contribution >= 4 is 39.1 Å². The Kier molecular flexibility index (Phi) is 10.2.